The summed E-state index contributed by atoms with van der Waals surface area (Å²) in [4.78, 5) is 12.2. The van der Waals surface area contributed by atoms with Gasteiger partial charge in [-0.2, -0.15) is 10.2 Å². The number of benzene rings is 2. The average molecular weight is 419 g/mol. The lowest BCUT2D eigenvalue weighted by molar-refractivity contribution is 0.0950. The van der Waals surface area contributed by atoms with Gasteiger partial charge in [0.25, 0.3) is 5.91 Å². The van der Waals surface area contributed by atoms with E-state index in [2.05, 4.69) is 20.7 Å². The molecule has 3 rings (SSSR count). The summed E-state index contributed by atoms with van der Waals surface area (Å²) in [6.07, 6.45) is 1.33. The molecule has 144 valence electrons. The van der Waals surface area contributed by atoms with Crippen LogP contribution in [0.3, 0.4) is 0 Å². The summed E-state index contributed by atoms with van der Waals surface area (Å²) in [5, 5.41) is 21.5. The van der Waals surface area contributed by atoms with Gasteiger partial charge in [0.05, 0.1) is 28.6 Å². The van der Waals surface area contributed by atoms with Crippen LogP contribution in [0.5, 0.6) is 11.5 Å². The third-order valence-electron chi connectivity index (χ3n) is 3.74. The molecule has 1 aromatic heterocycles. The highest BCUT2D eigenvalue weighted by atomic mass is 35.5. The largest absolute Gasteiger partial charge is 0.504 e. The van der Waals surface area contributed by atoms with Crippen LogP contribution in [0.25, 0.3) is 11.3 Å². The number of hydrogen-bond donors (Lipinski definition) is 3. The monoisotopic (exact) mass is 418 g/mol. The molecule has 0 saturated carbocycles. The van der Waals surface area contributed by atoms with E-state index in [9.17, 15) is 9.90 Å². The van der Waals surface area contributed by atoms with Crippen molar-refractivity contribution < 1.29 is 14.6 Å². The molecule has 0 atom stereocenters. The molecule has 0 radical (unpaired) electrons. The number of carbonyl (C=O) groups excluding carboxylic acids is 1. The van der Waals surface area contributed by atoms with Crippen molar-refractivity contribution in [1.29, 1.82) is 0 Å². The molecule has 2 aromatic carbocycles. The highest BCUT2D eigenvalue weighted by Crippen LogP contribution is 2.29. The van der Waals surface area contributed by atoms with Gasteiger partial charge in [-0.1, -0.05) is 35.3 Å². The Bertz CT molecular complexity index is 1030. The molecule has 3 aromatic rings. The maximum atomic E-state index is 12.2. The first-order valence-corrected chi connectivity index (χ1v) is 9.04. The first-order valence-electron chi connectivity index (χ1n) is 8.28. The first kappa shape index (κ1) is 19.7. The van der Waals surface area contributed by atoms with E-state index in [0.717, 1.165) is 0 Å². The molecule has 0 aliphatic carbocycles. The van der Waals surface area contributed by atoms with E-state index in [-0.39, 0.29) is 11.4 Å². The van der Waals surface area contributed by atoms with Crippen molar-refractivity contribution in [2.75, 3.05) is 6.61 Å². The van der Waals surface area contributed by atoms with Crippen molar-refractivity contribution in [3.8, 4) is 22.8 Å². The van der Waals surface area contributed by atoms with E-state index in [0.29, 0.717) is 39.2 Å². The summed E-state index contributed by atoms with van der Waals surface area (Å²) in [7, 11) is 0. The summed E-state index contributed by atoms with van der Waals surface area (Å²) in [6, 6.07) is 11.6. The highest BCUT2D eigenvalue weighted by molar-refractivity contribution is 6.42. The van der Waals surface area contributed by atoms with Gasteiger partial charge in [-0.25, -0.2) is 5.43 Å². The number of amides is 1. The lowest BCUT2D eigenvalue weighted by Gasteiger charge is -2.07. The van der Waals surface area contributed by atoms with Gasteiger partial charge >= 0.3 is 0 Å². The second kappa shape index (κ2) is 8.77. The van der Waals surface area contributed by atoms with Crippen molar-refractivity contribution in [3.63, 3.8) is 0 Å². The molecule has 0 spiro atoms. The van der Waals surface area contributed by atoms with Crippen LogP contribution in [-0.4, -0.2) is 34.0 Å². The van der Waals surface area contributed by atoms with Gasteiger partial charge in [0.2, 0.25) is 0 Å². The Morgan fingerprint density at radius 2 is 2.11 bits per heavy atom. The standard InChI is InChI=1S/C19H16Cl2N4O3/c1-2-28-17-5-3-4-12(18(17)26)10-22-25-19(27)16-9-15(23-24-16)11-6-7-13(20)14(21)8-11/h3-10,26H,2H2,1H3,(H,23,24)(H,25,27)/b22-10+. The fraction of sp³-hybridized carbons (Fsp3) is 0.105. The minimum absolute atomic E-state index is 0.0502. The molecule has 0 saturated heterocycles. The molecular weight excluding hydrogens is 403 g/mol. The second-order valence-electron chi connectivity index (χ2n) is 5.62. The lowest BCUT2D eigenvalue weighted by Crippen LogP contribution is -2.18. The molecule has 0 aliphatic heterocycles. The van der Waals surface area contributed by atoms with Crippen LogP contribution in [0.1, 0.15) is 23.0 Å². The Kier molecular flexibility index (Phi) is 6.18. The molecule has 0 fully saturated rings. The van der Waals surface area contributed by atoms with Gasteiger partial charge in [-0.3, -0.25) is 9.89 Å². The minimum Gasteiger partial charge on any atom is -0.504 e. The van der Waals surface area contributed by atoms with E-state index < -0.39 is 5.91 Å². The summed E-state index contributed by atoms with van der Waals surface area (Å²) in [5.41, 5.74) is 4.25. The van der Waals surface area contributed by atoms with Crippen LogP contribution < -0.4 is 10.2 Å². The number of hydrogen-bond acceptors (Lipinski definition) is 5. The van der Waals surface area contributed by atoms with Crippen LogP contribution in [0.15, 0.2) is 47.6 Å². The van der Waals surface area contributed by atoms with Crippen molar-refractivity contribution in [1.82, 2.24) is 15.6 Å². The van der Waals surface area contributed by atoms with Crippen LogP contribution in [-0.2, 0) is 0 Å². The van der Waals surface area contributed by atoms with Crippen LogP contribution in [0.2, 0.25) is 10.0 Å². The number of nitrogens with one attached hydrogen (secondary N) is 2. The molecule has 7 nitrogen and oxygen atoms in total. The maximum Gasteiger partial charge on any atom is 0.289 e. The van der Waals surface area contributed by atoms with E-state index in [1.54, 1.807) is 42.5 Å². The van der Waals surface area contributed by atoms with E-state index in [4.69, 9.17) is 27.9 Å². The number of aromatic nitrogens is 2. The SMILES string of the molecule is CCOc1cccc(/C=N/NC(=O)c2cc(-c3ccc(Cl)c(Cl)c3)n[nH]2)c1O. The second-order valence-corrected chi connectivity index (χ2v) is 6.44. The van der Waals surface area contributed by atoms with Gasteiger partial charge in [0, 0.05) is 11.1 Å². The molecule has 1 amide bonds. The summed E-state index contributed by atoms with van der Waals surface area (Å²) >= 11 is 11.9. The summed E-state index contributed by atoms with van der Waals surface area (Å²) in [5.74, 6) is -0.195. The molecule has 3 N–H and O–H groups in total. The Hall–Kier alpha value is -3.03. The lowest BCUT2D eigenvalue weighted by atomic mass is 10.1. The fourth-order valence-corrected chi connectivity index (χ4v) is 2.68. The Morgan fingerprint density at radius 1 is 1.29 bits per heavy atom. The average Bonchev–Trinajstić information content (AvgIpc) is 3.17. The zero-order valence-corrected chi connectivity index (χ0v) is 16.3. The van der Waals surface area contributed by atoms with Gasteiger partial charge in [-0.15, -0.1) is 0 Å². The third-order valence-corrected chi connectivity index (χ3v) is 4.48. The number of para-hydroxylation sites is 1. The summed E-state index contributed by atoms with van der Waals surface area (Å²) in [6.45, 7) is 2.24. The normalized spacial score (nSPS) is 11.0. The van der Waals surface area contributed by atoms with Gasteiger partial charge in [0.15, 0.2) is 11.5 Å². The molecule has 0 aliphatic rings. The number of halogens is 2. The smallest absolute Gasteiger partial charge is 0.289 e. The summed E-state index contributed by atoms with van der Waals surface area (Å²) < 4.78 is 5.30. The van der Waals surface area contributed by atoms with Crippen molar-refractivity contribution in [3.05, 3.63) is 63.8 Å². The number of phenolic OH excluding ortho intramolecular Hbond substituents is 1. The zero-order chi connectivity index (χ0) is 20.1. The molecule has 28 heavy (non-hydrogen) atoms. The molecule has 0 bridgehead atoms. The number of hydrazone groups is 1. The highest BCUT2D eigenvalue weighted by Gasteiger charge is 2.12. The fourth-order valence-electron chi connectivity index (χ4n) is 2.38. The predicted molar refractivity (Wildman–Crippen MR) is 108 cm³/mol. The van der Waals surface area contributed by atoms with E-state index >= 15 is 0 Å². The number of ether oxygens (including phenoxy) is 1. The maximum absolute atomic E-state index is 12.2. The number of rotatable bonds is 6. The van der Waals surface area contributed by atoms with E-state index in [1.807, 2.05) is 6.92 Å². The quantitative estimate of drug-likeness (QED) is 0.411. The molecule has 9 heteroatoms. The van der Waals surface area contributed by atoms with Crippen molar-refractivity contribution in [2.24, 2.45) is 5.10 Å². The number of aromatic amines is 1. The first-order chi connectivity index (χ1) is 13.5. The zero-order valence-electron chi connectivity index (χ0n) is 14.7. The topological polar surface area (TPSA) is 99.6 Å². The van der Waals surface area contributed by atoms with E-state index in [1.165, 1.54) is 6.21 Å². The van der Waals surface area contributed by atoms with Gasteiger partial charge in [0.1, 0.15) is 5.69 Å². The minimum atomic E-state index is -0.490. The number of carbonyl (C=O) groups is 1. The van der Waals surface area contributed by atoms with Crippen LogP contribution in [0, 0.1) is 0 Å². The van der Waals surface area contributed by atoms with Crippen molar-refractivity contribution >= 4 is 35.3 Å². The Labute approximate surface area is 170 Å². The molecule has 1 heterocycles. The number of aromatic hydroxyl groups is 1. The Balaban J connectivity index is 1.69. The van der Waals surface area contributed by atoms with Crippen LogP contribution >= 0.6 is 23.2 Å². The number of H-pyrrole nitrogens is 1. The Morgan fingerprint density at radius 3 is 2.86 bits per heavy atom. The number of phenols is 1. The predicted octanol–water partition coefficient (Wildman–Crippen LogP) is 4.25. The van der Waals surface area contributed by atoms with Gasteiger partial charge < -0.3 is 9.84 Å². The van der Waals surface area contributed by atoms with Gasteiger partial charge in [-0.05, 0) is 37.3 Å². The molecule has 0 unspecified atom stereocenters. The molecular formula is C19H16Cl2N4O3. The number of nitrogens with zero attached hydrogens (tertiary/aromatic N) is 2. The third kappa shape index (κ3) is 4.44. The van der Waals surface area contributed by atoms with Crippen molar-refractivity contribution in [2.45, 2.75) is 6.92 Å². The van der Waals surface area contributed by atoms with Crippen LogP contribution in [0.4, 0.5) is 0 Å².